The van der Waals surface area contributed by atoms with Crippen molar-refractivity contribution in [2.75, 3.05) is 5.32 Å². The van der Waals surface area contributed by atoms with E-state index in [1.807, 2.05) is 37.3 Å². The third-order valence-corrected chi connectivity index (χ3v) is 2.91. The first kappa shape index (κ1) is 14.1. The van der Waals surface area contributed by atoms with Crippen molar-refractivity contribution in [2.24, 2.45) is 0 Å². The van der Waals surface area contributed by atoms with Gasteiger partial charge in [0.05, 0.1) is 0 Å². The number of carbonyl (C=O) groups excluding carboxylic acids is 1. The maximum absolute atomic E-state index is 11.8. The Morgan fingerprint density at radius 1 is 1.35 bits per heavy atom. The molecule has 0 unspecified atom stereocenters. The van der Waals surface area contributed by atoms with E-state index in [1.165, 1.54) is 11.6 Å². The molecule has 4 heteroatoms. The number of nitrogens with one attached hydrogen (secondary N) is 2. The second kappa shape index (κ2) is 6.70. The first-order valence-corrected chi connectivity index (χ1v) is 6.77. The number of anilines is 1. The first-order chi connectivity index (χ1) is 9.67. The number of hydrogen-bond donors (Lipinski definition) is 2. The Morgan fingerprint density at radius 3 is 2.80 bits per heavy atom. The van der Waals surface area contributed by atoms with E-state index < -0.39 is 0 Å². The molecule has 104 valence electrons. The fraction of sp³-hybridized carbons (Fsp3) is 0.250. The molecule has 0 aliphatic rings. The molecule has 2 aromatic rings. The molecule has 0 bridgehead atoms. The smallest absolute Gasteiger partial charge is 0.249 e. The quantitative estimate of drug-likeness (QED) is 0.818. The van der Waals surface area contributed by atoms with Crippen LogP contribution in [0, 0.1) is 6.92 Å². The van der Waals surface area contributed by atoms with Crippen LogP contribution in [0.5, 0.6) is 0 Å². The van der Waals surface area contributed by atoms with Crippen LogP contribution in [0.25, 0.3) is 6.08 Å². The molecule has 0 aliphatic carbocycles. The van der Waals surface area contributed by atoms with Gasteiger partial charge in [-0.2, -0.15) is 5.10 Å². The van der Waals surface area contributed by atoms with Gasteiger partial charge in [0, 0.05) is 17.8 Å². The van der Waals surface area contributed by atoms with Gasteiger partial charge in [-0.15, -0.1) is 0 Å². The lowest BCUT2D eigenvalue weighted by Crippen LogP contribution is -2.07. The van der Waals surface area contributed by atoms with Crippen LogP contribution in [0.3, 0.4) is 0 Å². The molecule has 4 nitrogen and oxygen atoms in total. The van der Waals surface area contributed by atoms with Gasteiger partial charge in [-0.05, 0) is 25.0 Å². The van der Waals surface area contributed by atoms with Gasteiger partial charge in [0.15, 0.2) is 5.82 Å². The SMILES string of the molecule is CCCc1cc(NC(=O)/C=C/c2ccc(C)cc2)n[nH]1. The molecule has 0 atom stereocenters. The van der Waals surface area contributed by atoms with Gasteiger partial charge in [-0.1, -0.05) is 43.2 Å². The average Bonchev–Trinajstić information content (AvgIpc) is 2.86. The summed E-state index contributed by atoms with van der Waals surface area (Å²) >= 11 is 0. The van der Waals surface area contributed by atoms with Gasteiger partial charge in [0.1, 0.15) is 0 Å². The highest BCUT2D eigenvalue weighted by molar-refractivity contribution is 6.01. The summed E-state index contributed by atoms with van der Waals surface area (Å²) in [5, 5.41) is 9.69. The molecule has 0 fully saturated rings. The Kier molecular flexibility index (Phi) is 4.71. The van der Waals surface area contributed by atoms with E-state index in [1.54, 1.807) is 6.08 Å². The number of nitrogens with zero attached hydrogens (tertiary/aromatic N) is 1. The Labute approximate surface area is 118 Å². The topological polar surface area (TPSA) is 57.8 Å². The largest absolute Gasteiger partial charge is 0.306 e. The lowest BCUT2D eigenvalue weighted by atomic mass is 10.1. The molecule has 2 rings (SSSR count). The van der Waals surface area contributed by atoms with Crippen LogP contribution in [0.1, 0.15) is 30.2 Å². The van der Waals surface area contributed by atoms with E-state index in [0.717, 1.165) is 24.1 Å². The van der Waals surface area contributed by atoms with E-state index in [4.69, 9.17) is 0 Å². The molecule has 0 spiro atoms. The van der Waals surface area contributed by atoms with Gasteiger partial charge in [-0.3, -0.25) is 9.89 Å². The van der Waals surface area contributed by atoms with Crippen LogP contribution in [-0.2, 0) is 11.2 Å². The Bertz CT molecular complexity index is 596. The van der Waals surface area contributed by atoms with Gasteiger partial charge in [0.2, 0.25) is 5.91 Å². The summed E-state index contributed by atoms with van der Waals surface area (Å²) in [5.41, 5.74) is 3.23. The predicted molar refractivity (Wildman–Crippen MR) is 81.4 cm³/mol. The van der Waals surface area contributed by atoms with Crippen molar-refractivity contribution in [1.82, 2.24) is 10.2 Å². The lowest BCUT2D eigenvalue weighted by Gasteiger charge is -1.96. The molecular weight excluding hydrogens is 250 g/mol. The van der Waals surface area contributed by atoms with Crippen molar-refractivity contribution in [2.45, 2.75) is 26.7 Å². The van der Waals surface area contributed by atoms with E-state index in [9.17, 15) is 4.79 Å². The lowest BCUT2D eigenvalue weighted by molar-refractivity contribution is -0.111. The van der Waals surface area contributed by atoms with E-state index >= 15 is 0 Å². The molecule has 0 saturated carbocycles. The zero-order valence-electron chi connectivity index (χ0n) is 11.8. The van der Waals surface area contributed by atoms with Crippen molar-refractivity contribution in [3.05, 3.63) is 53.2 Å². The van der Waals surface area contributed by atoms with Crippen LogP contribution in [0.15, 0.2) is 36.4 Å². The van der Waals surface area contributed by atoms with Gasteiger partial charge in [-0.25, -0.2) is 0 Å². The summed E-state index contributed by atoms with van der Waals surface area (Å²) < 4.78 is 0. The molecule has 1 aromatic heterocycles. The zero-order chi connectivity index (χ0) is 14.4. The summed E-state index contributed by atoms with van der Waals surface area (Å²) in [6.07, 6.45) is 5.28. The fourth-order valence-corrected chi connectivity index (χ4v) is 1.84. The van der Waals surface area contributed by atoms with Crippen LogP contribution in [0.4, 0.5) is 5.82 Å². The monoisotopic (exact) mass is 269 g/mol. The fourth-order valence-electron chi connectivity index (χ4n) is 1.84. The van der Waals surface area contributed by atoms with E-state index in [0.29, 0.717) is 5.82 Å². The summed E-state index contributed by atoms with van der Waals surface area (Å²) in [7, 11) is 0. The predicted octanol–water partition coefficient (Wildman–Crippen LogP) is 3.32. The summed E-state index contributed by atoms with van der Waals surface area (Å²) in [4.78, 5) is 11.8. The van der Waals surface area contributed by atoms with Crippen LogP contribution < -0.4 is 5.32 Å². The standard InChI is InChI=1S/C16H19N3O/c1-3-4-14-11-15(19-18-14)17-16(20)10-9-13-7-5-12(2)6-8-13/h5-11H,3-4H2,1-2H3,(H2,17,18,19,20)/b10-9+. The summed E-state index contributed by atoms with van der Waals surface area (Å²) in [5.74, 6) is 0.382. The van der Waals surface area contributed by atoms with Crippen molar-refractivity contribution in [1.29, 1.82) is 0 Å². The van der Waals surface area contributed by atoms with Crippen molar-refractivity contribution >= 4 is 17.8 Å². The third kappa shape index (κ3) is 4.09. The maximum atomic E-state index is 11.8. The number of aromatic amines is 1. The first-order valence-electron chi connectivity index (χ1n) is 6.77. The second-order valence-corrected chi connectivity index (χ2v) is 4.76. The molecule has 0 aliphatic heterocycles. The van der Waals surface area contributed by atoms with Crippen LogP contribution >= 0.6 is 0 Å². The number of benzene rings is 1. The van der Waals surface area contributed by atoms with E-state index in [-0.39, 0.29) is 5.91 Å². The number of aryl methyl sites for hydroxylation is 2. The molecular formula is C16H19N3O. The van der Waals surface area contributed by atoms with Gasteiger partial charge in [0.25, 0.3) is 0 Å². The maximum Gasteiger partial charge on any atom is 0.249 e. The normalized spacial score (nSPS) is 10.9. The zero-order valence-corrected chi connectivity index (χ0v) is 11.8. The highest BCUT2D eigenvalue weighted by atomic mass is 16.1. The minimum absolute atomic E-state index is 0.180. The summed E-state index contributed by atoms with van der Waals surface area (Å²) in [6, 6.07) is 9.85. The minimum atomic E-state index is -0.180. The van der Waals surface area contributed by atoms with Crippen molar-refractivity contribution < 1.29 is 4.79 Å². The molecule has 2 N–H and O–H groups in total. The molecule has 1 amide bonds. The number of hydrogen-bond acceptors (Lipinski definition) is 2. The number of rotatable bonds is 5. The number of amides is 1. The summed E-state index contributed by atoms with van der Waals surface area (Å²) in [6.45, 7) is 4.13. The van der Waals surface area contributed by atoms with Crippen molar-refractivity contribution in [3.8, 4) is 0 Å². The van der Waals surface area contributed by atoms with Crippen molar-refractivity contribution in [3.63, 3.8) is 0 Å². The third-order valence-electron chi connectivity index (χ3n) is 2.91. The Morgan fingerprint density at radius 2 is 2.10 bits per heavy atom. The Hall–Kier alpha value is -2.36. The molecule has 0 radical (unpaired) electrons. The van der Waals surface area contributed by atoms with Crippen LogP contribution in [0.2, 0.25) is 0 Å². The molecule has 0 saturated heterocycles. The minimum Gasteiger partial charge on any atom is -0.306 e. The van der Waals surface area contributed by atoms with E-state index in [2.05, 4.69) is 22.4 Å². The van der Waals surface area contributed by atoms with Gasteiger partial charge >= 0.3 is 0 Å². The molecule has 1 heterocycles. The van der Waals surface area contributed by atoms with Gasteiger partial charge < -0.3 is 5.32 Å². The number of aromatic nitrogens is 2. The molecule has 1 aromatic carbocycles. The second-order valence-electron chi connectivity index (χ2n) is 4.76. The number of H-pyrrole nitrogens is 1. The highest BCUT2D eigenvalue weighted by Crippen LogP contribution is 2.08. The Balaban J connectivity index is 1.92. The number of carbonyl (C=O) groups is 1. The molecule has 20 heavy (non-hydrogen) atoms. The highest BCUT2D eigenvalue weighted by Gasteiger charge is 2.02. The average molecular weight is 269 g/mol. The van der Waals surface area contributed by atoms with Crippen LogP contribution in [-0.4, -0.2) is 16.1 Å².